The van der Waals surface area contributed by atoms with E-state index in [1.54, 1.807) is 18.3 Å². The number of alkyl halides is 3. The first-order valence-electron chi connectivity index (χ1n) is 6.52. The van der Waals surface area contributed by atoms with Crippen molar-refractivity contribution in [1.29, 1.82) is 0 Å². The second-order valence-corrected chi connectivity index (χ2v) is 5.72. The van der Waals surface area contributed by atoms with Gasteiger partial charge in [0, 0.05) is 22.8 Å². The number of thiophene rings is 1. The summed E-state index contributed by atoms with van der Waals surface area (Å²) < 4.78 is 37.1. The van der Waals surface area contributed by atoms with Gasteiger partial charge in [-0.25, -0.2) is 0 Å². The predicted molar refractivity (Wildman–Crippen MR) is 73.3 cm³/mol. The minimum atomic E-state index is -4.13. The van der Waals surface area contributed by atoms with E-state index in [2.05, 4.69) is 12.2 Å². The highest BCUT2D eigenvalue weighted by molar-refractivity contribution is 7.11. The third kappa shape index (κ3) is 6.94. The molecule has 0 unspecified atom stereocenters. The van der Waals surface area contributed by atoms with Crippen LogP contribution in [0.5, 0.6) is 0 Å². The van der Waals surface area contributed by atoms with Crippen molar-refractivity contribution in [2.75, 3.05) is 19.6 Å². The monoisotopic (exact) mass is 294 g/mol. The first kappa shape index (κ1) is 16.5. The summed E-state index contributed by atoms with van der Waals surface area (Å²) in [5.41, 5.74) is 0. The van der Waals surface area contributed by atoms with E-state index in [4.69, 9.17) is 0 Å². The van der Waals surface area contributed by atoms with Crippen LogP contribution in [0, 0.1) is 0 Å². The maximum Gasteiger partial charge on any atom is 0.401 e. The number of hydrogen-bond donors (Lipinski definition) is 1. The highest BCUT2D eigenvalue weighted by Gasteiger charge is 2.30. The molecule has 1 heterocycles. The molecule has 1 aromatic heterocycles. The van der Waals surface area contributed by atoms with Crippen molar-refractivity contribution in [3.63, 3.8) is 0 Å². The van der Waals surface area contributed by atoms with Crippen LogP contribution in [0.2, 0.25) is 0 Å². The van der Waals surface area contributed by atoms with Crippen LogP contribution in [-0.4, -0.2) is 30.7 Å². The highest BCUT2D eigenvalue weighted by Crippen LogP contribution is 2.21. The fraction of sp³-hybridized carbons (Fsp3) is 0.692. The summed E-state index contributed by atoms with van der Waals surface area (Å²) >= 11 is 1.58. The fourth-order valence-corrected chi connectivity index (χ4v) is 2.77. The topological polar surface area (TPSA) is 15.3 Å². The Morgan fingerprint density at radius 2 is 1.89 bits per heavy atom. The first-order chi connectivity index (χ1) is 8.94. The molecule has 19 heavy (non-hydrogen) atoms. The Balaban J connectivity index is 2.47. The first-order valence-corrected chi connectivity index (χ1v) is 7.33. The van der Waals surface area contributed by atoms with Crippen molar-refractivity contribution in [1.82, 2.24) is 10.2 Å². The van der Waals surface area contributed by atoms with Gasteiger partial charge in [-0.15, -0.1) is 11.3 Å². The summed E-state index contributed by atoms with van der Waals surface area (Å²) in [5.74, 6) is 0. The van der Waals surface area contributed by atoms with Gasteiger partial charge < -0.3 is 5.32 Å². The van der Waals surface area contributed by atoms with Gasteiger partial charge in [-0.05, 0) is 31.6 Å². The van der Waals surface area contributed by atoms with Crippen LogP contribution in [0.25, 0.3) is 0 Å². The quantitative estimate of drug-likeness (QED) is 0.737. The van der Waals surface area contributed by atoms with Crippen LogP contribution in [0.15, 0.2) is 12.1 Å². The Morgan fingerprint density at radius 1 is 1.21 bits per heavy atom. The SMILES string of the molecule is CCCNCc1ccc(CN(CC)CC(F)(F)F)s1. The van der Waals surface area contributed by atoms with E-state index in [0.717, 1.165) is 24.4 Å². The second-order valence-electron chi connectivity index (χ2n) is 4.46. The van der Waals surface area contributed by atoms with E-state index in [1.165, 1.54) is 9.78 Å². The predicted octanol–water partition coefficient (Wildman–Crippen LogP) is 3.63. The van der Waals surface area contributed by atoms with Gasteiger partial charge in [0.2, 0.25) is 0 Å². The Kier molecular flexibility index (Phi) is 6.82. The molecule has 1 aromatic rings. The standard InChI is InChI=1S/C13H21F3N2S/c1-3-7-17-8-11-5-6-12(19-11)9-18(4-2)10-13(14,15)16/h5-6,17H,3-4,7-10H2,1-2H3. The van der Waals surface area contributed by atoms with Crippen molar-refractivity contribution < 1.29 is 13.2 Å². The molecule has 6 heteroatoms. The zero-order chi connectivity index (χ0) is 14.3. The van der Waals surface area contributed by atoms with Gasteiger partial charge in [0.25, 0.3) is 0 Å². The van der Waals surface area contributed by atoms with Crippen molar-refractivity contribution in [3.8, 4) is 0 Å². The van der Waals surface area contributed by atoms with Crippen LogP contribution >= 0.6 is 11.3 Å². The molecule has 0 aliphatic heterocycles. The van der Waals surface area contributed by atoms with Crippen LogP contribution in [0.4, 0.5) is 13.2 Å². The summed E-state index contributed by atoms with van der Waals surface area (Å²) in [6, 6.07) is 3.91. The van der Waals surface area contributed by atoms with Crippen molar-refractivity contribution in [2.24, 2.45) is 0 Å². The molecule has 0 aliphatic carbocycles. The molecule has 0 saturated heterocycles. The van der Waals surface area contributed by atoms with Crippen molar-refractivity contribution in [3.05, 3.63) is 21.9 Å². The lowest BCUT2D eigenvalue weighted by Gasteiger charge is -2.20. The van der Waals surface area contributed by atoms with Gasteiger partial charge in [0.15, 0.2) is 0 Å². The second kappa shape index (κ2) is 7.87. The molecular weight excluding hydrogens is 273 g/mol. The number of hydrogen-bond acceptors (Lipinski definition) is 3. The molecule has 2 nitrogen and oxygen atoms in total. The lowest BCUT2D eigenvalue weighted by atomic mass is 10.3. The summed E-state index contributed by atoms with van der Waals surface area (Å²) in [6.07, 6.45) is -3.05. The number of rotatable bonds is 8. The van der Waals surface area contributed by atoms with Crippen LogP contribution < -0.4 is 5.32 Å². The molecule has 0 aliphatic rings. The normalized spacial score (nSPS) is 12.3. The van der Waals surface area contributed by atoms with Gasteiger partial charge in [-0.2, -0.15) is 13.2 Å². The van der Waals surface area contributed by atoms with Crippen LogP contribution in [0.1, 0.15) is 30.0 Å². The van der Waals surface area contributed by atoms with Gasteiger partial charge in [-0.3, -0.25) is 4.90 Å². The molecule has 0 radical (unpaired) electrons. The third-order valence-electron chi connectivity index (χ3n) is 2.67. The average Bonchev–Trinajstić information content (AvgIpc) is 2.74. The van der Waals surface area contributed by atoms with E-state index < -0.39 is 12.7 Å². The third-order valence-corrected chi connectivity index (χ3v) is 3.74. The average molecular weight is 294 g/mol. The fourth-order valence-electron chi connectivity index (χ4n) is 1.74. The molecule has 0 bridgehead atoms. The summed E-state index contributed by atoms with van der Waals surface area (Å²) in [5, 5.41) is 3.29. The van der Waals surface area contributed by atoms with Gasteiger partial charge >= 0.3 is 6.18 Å². The zero-order valence-corrected chi connectivity index (χ0v) is 12.2. The number of nitrogens with zero attached hydrogens (tertiary/aromatic N) is 1. The maximum atomic E-state index is 12.4. The highest BCUT2D eigenvalue weighted by atomic mass is 32.1. The van der Waals surface area contributed by atoms with E-state index in [-0.39, 0.29) is 0 Å². The van der Waals surface area contributed by atoms with E-state index in [1.807, 2.05) is 12.1 Å². The molecule has 0 atom stereocenters. The lowest BCUT2D eigenvalue weighted by Crippen LogP contribution is -2.33. The Morgan fingerprint density at radius 3 is 2.47 bits per heavy atom. The van der Waals surface area contributed by atoms with E-state index in [9.17, 15) is 13.2 Å². The van der Waals surface area contributed by atoms with Crippen molar-refractivity contribution in [2.45, 2.75) is 39.5 Å². The number of halogens is 3. The minimum absolute atomic E-state index is 0.369. The Labute approximate surface area is 116 Å². The molecule has 0 saturated carbocycles. The van der Waals surface area contributed by atoms with Gasteiger partial charge in [-0.1, -0.05) is 13.8 Å². The molecular formula is C13H21F3N2S. The Hall–Kier alpha value is -0.590. The van der Waals surface area contributed by atoms with E-state index >= 15 is 0 Å². The smallest absolute Gasteiger partial charge is 0.312 e. The van der Waals surface area contributed by atoms with E-state index in [0.29, 0.717) is 13.1 Å². The minimum Gasteiger partial charge on any atom is -0.312 e. The Bertz CT molecular complexity index is 363. The molecule has 1 rings (SSSR count). The molecule has 0 aromatic carbocycles. The van der Waals surface area contributed by atoms with Crippen molar-refractivity contribution >= 4 is 11.3 Å². The summed E-state index contributed by atoms with van der Waals surface area (Å²) in [7, 11) is 0. The molecule has 110 valence electrons. The summed E-state index contributed by atoms with van der Waals surface area (Å²) in [4.78, 5) is 3.57. The molecule has 0 spiro atoms. The lowest BCUT2D eigenvalue weighted by molar-refractivity contribution is -0.146. The van der Waals surface area contributed by atoms with Gasteiger partial charge in [0.1, 0.15) is 0 Å². The maximum absolute atomic E-state index is 12.4. The number of nitrogens with one attached hydrogen (secondary N) is 1. The molecule has 1 N–H and O–H groups in total. The van der Waals surface area contributed by atoms with Crippen LogP contribution in [0.3, 0.4) is 0 Å². The zero-order valence-electron chi connectivity index (χ0n) is 11.4. The van der Waals surface area contributed by atoms with Gasteiger partial charge in [0.05, 0.1) is 6.54 Å². The largest absolute Gasteiger partial charge is 0.401 e. The van der Waals surface area contributed by atoms with Crippen LogP contribution in [-0.2, 0) is 13.1 Å². The molecule has 0 fully saturated rings. The summed E-state index contributed by atoms with van der Waals surface area (Å²) in [6.45, 7) is 5.54. The molecule has 0 amide bonds.